The number of carbonyl (C=O) groups is 2. The van der Waals surface area contributed by atoms with E-state index in [4.69, 9.17) is 31.3 Å². The molecular formula is C3H8CuN4O4. The fraction of sp³-hybridized carbons (Fsp3) is 0. The monoisotopic (exact) mass is 227 g/mol. The molecule has 0 rings (SSSR count). The van der Waals surface area contributed by atoms with E-state index in [1.807, 2.05) is 5.10 Å². The molecule has 0 aromatic carbocycles. The van der Waals surface area contributed by atoms with Crippen LogP contribution in [0.2, 0.25) is 0 Å². The number of carboxylic acids is 2. The summed E-state index contributed by atoms with van der Waals surface area (Å²) in [5, 5.41) is 18.3. The van der Waals surface area contributed by atoms with E-state index in [2.05, 4.69) is 5.84 Å². The summed E-state index contributed by atoms with van der Waals surface area (Å²) < 4.78 is 0. The van der Waals surface area contributed by atoms with Crippen LogP contribution in [0, 0.1) is 0 Å². The molecule has 0 aromatic heterocycles. The molecule has 0 fully saturated rings. The summed E-state index contributed by atoms with van der Waals surface area (Å²) in [6.07, 6.45) is 0. The van der Waals surface area contributed by atoms with Crippen LogP contribution in [0.1, 0.15) is 0 Å². The molecule has 0 heterocycles. The Kier molecular flexibility index (Phi) is 13.4. The molecule has 0 saturated carbocycles. The molecule has 0 spiro atoms. The molecule has 8 nitrogen and oxygen atoms in total. The minimum Gasteiger partial charge on any atom is -0.539 e. The number of nitrogens with two attached hydrogens (primary N) is 3. The van der Waals surface area contributed by atoms with Crippen molar-refractivity contribution in [1.82, 2.24) is 0 Å². The summed E-state index contributed by atoms with van der Waals surface area (Å²) in [6.45, 7) is 0. The molecule has 1 radical (unpaired) electrons. The SMILES string of the molecule is N[NH+]=C(N)N.O=C([O-])C(=O)O.[Cu]. The Balaban J connectivity index is -0.000000126. The number of hydrogen-bond acceptors (Lipinski definition) is 4. The van der Waals surface area contributed by atoms with Crippen LogP contribution in [0.3, 0.4) is 0 Å². The topological polar surface area (TPSA) is 169 Å². The number of hydrazine groups is 1. The zero-order valence-corrected chi connectivity index (χ0v) is 6.65. The first kappa shape index (κ1) is 16.9. The summed E-state index contributed by atoms with van der Waals surface area (Å²) in [6, 6.07) is 0. The van der Waals surface area contributed by atoms with Crippen LogP contribution in [0.4, 0.5) is 0 Å². The molecule has 0 aliphatic heterocycles. The maximum Gasteiger partial charge on any atom is 0.360 e. The normalized spacial score (nSPS) is 6.33. The van der Waals surface area contributed by atoms with Gasteiger partial charge in [-0.15, -0.1) is 0 Å². The maximum atomic E-state index is 9.04. The Bertz CT molecular complexity index is 165. The fourth-order valence-electron chi connectivity index (χ4n) is 0. The molecule has 0 aromatic rings. The third-order valence-corrected chi connectivity index (χ3v) is 0.341. The summed E-state index contributed by atoms with van der Waals surface area (Å²) in [5.41, 5.74) is 9.50. The molecule has 0 saturated heterocycles. The largest absolute Gasteiger partial charge is 0.539 e. The third-order valence-electron chi connectivity index (χ3n) is 0.341. The first-order valence-corrected chi connectivity index (χ1v) is 2.20. The maximum absolute atomic E-state index is 9.04. The molecule has 0 bridgehead atoms. The van der Waals surface area contributed by atoms with Crippen molar-refractivity contribution in [2.45, 2.75) is 0 Å². The van der Waals surface area contributed by atoms with Gasteiger partial charge in [-0.2, -0.15) is 5.10 Å². The van der Waals surface area contributed by atoms with E-state index in [1.54, 1.807) is 0 Å². The van der Waals surface area contributed by atoms with Crippen molar-refractivity contribution in [3.63, 3.8) is 0 Å². The van der Waals surface area contributed by atoms with Crippen LogP contribution in [0.25, 0.3) is 0 Å². The molecule has 75 valence electrons. The van der Waals surface area contributed by atoms with E-state index in [9.17, 15) is 0 Å². The smallest absolute Gasteiger partial charge is 0.360 e. The molecule has 0 atom stereocenters. The summed E-state index contributed by atoms with van der Waals surface area (Å²) in [5.74, 6) is 0.657. The molecule has 0 aliphatic rings. The van der Waals surface area contributed by atoms with Gasteiger partial charge in [0, 0.05) is 17.1 Å². The second-order valence-electron chi connectivity index (χ2n) is 1.19. The van der Waals surface area contributed by atoms with Crippen molar-refractivity contribution < 1.29 is 42.0 Å². The van der Waals surface area contributed by atoms with E-state index in [0.717, 1.165) is 0 Å². The van der Waals surface area contributed by atoms with Gasteiger partial charge in [-0.1, -0.05) is 0 Å². The number of carboxylic acid groups (broad SMARTS) is 2. The average molecular weight is 228 g/mol. The van der Waals surface area contributed by atoms with Gasteiger partial charge < -0.3 is 15.0 Å². The van der Waals surface area contributed by atoms with Gasteiger partial charge >= 0.3 is 11.9 Å². The van der Waals surface area contributed by atoms with E-state index >= 15 is 0 Å². The quantitative estimate of drug-likeness (QED) is 0.0685. The van der Waals surface area contributed by atoms with Crippen molar-refractivity contribution in [3.05, 3.63) is 0 Å². The Labute approximate surface area is 77.9 Å². The molecule has 0 aliphatic carbocycles. The number of hydrogen-bond donors (Lipinski definition) is 5. The zero-order valence-electron chi connectivity index (χ0n) is 5.71. The predicted molar refractivity (Wildman–Crippen MR) is 31.2 cm³/mol. The predicted octanol–water partition coefficient (Wildman–Crippen LogP) is -5.97. The number of rotatable bonds is 0. The Morgan fingerprint density at radius 3 is 1.50 bits per heavy atom. The Morgan fingerprint density at radius 1 is 1.33 bits per heavy atom. The van der Waals surface area contributed by atoms with Gasteiger partial charge in [0.05, 0.1) is 0 Å². The molecule has 8 N–H and O–H groups in total. The van der Waals surface area contributed by atoms with Crippen molar-refractivity contribution in [1.29, 1.82) is 0 Å². The van der Waals surface area contributed by atoms with Gasteiger partial charge in [-0.3, -0.25) is 17.3 Å². The van der Waals surface area contributed by atoms with Gasteiger partial charge in [0.2, 0.25) is 0 Å². The fourth-order valence-corrected chi connectivity index (χ4v) is 0. The minimum atomic E-state index is -2.07. The summed E-state index contributed by atoms with van der Waals surface area (Å²) in [7, 11) is 0. The molecule has 12 heavy (non-hydrogen) atoms. The first-order valence-electron chi connectivity index (χ1n) is 2.20. The van der Waals surface area contributed by atoms with Crippen molar-refractivity contribution in [2.24, 2.45) is 17.3 Å². The van der Waals surface area contributed by atoms with Crippen LogP contribution in [-0.2, 0) is 26.7 Å². The summed E-state index contributed by atoms with van der Waals surface area (Å²) >= 11 is 0. The van der Waals surface area contributed by atoms with Crippen LogP contribution in [0.5, 0.6) is 0 Å². The van der Waals surface area contributed by atoms with Crippen molar-refractivity contribution in [2.75, 3.05) is 0 Å². The molecule has 0 amide bonds. The number of hydrazone groups is 1. The van der Waals surface area contributed by atoms with Gasteiger partial charge in [-0.05, 0) is 0 Å². The standard InChI is InChI=1S/C2H2O4.CH6N4.Cu/c3-1(4)2(5)6;2-1(3)5-4;/h(H,3,4)(H,5,6);4H2,(H4,2,3,5);. The van der Waals surface area contributed by atoms with E-state index in [1.165, 1.54) is 0 Å². The first-order chi connectivity index (χ1) is 4.91. The average Bonchev–Trinajstić information content (AvgIpc) is 1.89. The van der Waals surface area contributed by atoms with Gasteiger partial charge in [-0.25, -0.2) is 4.79 Å². The molecular weight excluding hydrogens is 220 g/mol. The second kappa shape index (κ2) is 9.53. The molecule has 0 unspecified atom stereocenters. The number of nitrogens with one attached hydrogen (secondary N) is 1. The van der Waals surface area contributed by atoms with E-state index < -0.39 is 11.9 Å². The van der Waals surface area contributed by atoms with Crippen molar-refractivity contribution >= 4 is 17.9 Å². The van der Waals surface area contributed by atoms with Crippen LogP contribution < -0.4 is 27.5 Å². The summed E-state index contributed by atoms with van der Waals surface area (Å²) in [4.78, 5) is 18.0. The second-order valence-corrected chi connectivity index (χ2v) is 1.19. The van der Waals surface area contributed by atoms with Crippen molar-refractivity contribution in [3.8, 4) is 0 Å². The van der Waals surface area contributed by atoms with E-state index in [0.29, 0.717) is 0 Å². The van der Waals surface area contributed by atoms with Gasteiger partial charge in [0.1, 0.15) is 0 Å². The Morgan fingerprint density at radius 2 is 1.50 bits per heavy atom. The van der Waals surface area contributed by atoms with Gasteiger partial charge in [0.25, 0.3) is 0 Å². The Hall–Kier alpha value is -1.47. The van der Waals surface area contributed by atoms with Gasteiger partial charge in [0.15, 0.2) is 5.97 Å². The number of aliphatic carboxylic acids is 2. The third kappa shape index (κ3) is 23.6. The van der Waals surface area contributed by atoms with Crippen LogP contribution in [-0.4, -0.2) is 23.0 Å². The molecule has 9 heteroatoms. The number of carbonyl (C=O) groups excluding carboxylic acids is 1. The zero-order chi connectivity index (χ0) is 9.44. The van der Waals surface area contributed by atoms with Crippen LogP contribution in [0.15, 0.2) is 0 Å². The minimum absolute atomic E-state index is 0. The van der Waals surface area contributed by atoms with E-state index in [-0.39, 0.29) is 23.0 Å². The van der Waals surface area contributed by atoms with Crippen LogP contribution >= 0.6 is 0 Å². The number of guanidine groups is 1.